The van der Waals surface area contributed by atoms with Crippen molar-refractivity contribution >= 4 is 11.3 Å². The molecule has 1 atom stereocenters. The van der Waals surface area contributed by atoms with Gasteiger partial charge in [-0.15, -0.1) is 11.3 Å². The Kier molecular flexibility index (Phi) is 3.67. The van der Waals surface area contributed by atoms with Crippen molar-refractivity contribution in [2.45, 2.75) is 38.2 Å². The fourth-order valence-corrected chi connectivity index (χ4v) is 3.27. The van der Waals surface area contributed by atoms with Crippen LogP contribution in [-0.4, -0.2) is 24.4 Å². The van der Waals surface area contributed by atoms with Crippen molar-refractivity contribution in [2.75, 3.05) is 13.7 Å². The maximum atomic E-state index is 10.6. The molecule has 16 heavy (non-hydrogen) atoms. The second-order valence-corrected chi connectivity index (χ2v) is 5.96. The van der Waals surface area contributed by atoms with Gasteiger partial charge < -0.3 is 9.84 Å². The lowest BCUT2D eigenvalue weighted by molar-refractivity contribution is -0.0469. The highest BCUT2D eigenvalue weighted by molar-refractivity contribution is 7.12. The summed E-state index contributed by atoms with van der Waals surface area (Å²) in [6, 6.07) is 4.31. The van der Waals surface area contributed by atoms with Crippen LogP contribution in [0.3, 0.4) is 0 Å². The van der Waals surface area contributed by atoms with Gasteiger partial charge in [-0.3, -0.25) is 0 Å². The largest absolute Gasteiger partial charge is 0.387 e. The van der Waals surface area contributed by atoms with Crippen molar-refractivity contribution in [1.29, 1.82) is 0 Å². The molecule has 1 aliphatic carbocycles. The summed E-state index contributed by atoms with van der Waals surface area (Å²) in [6.07, 6.45) is 4.12. The van der Waals surface area contributed by atoms with E-state index < -0.39 is 5.60 Å². The predicted molar refractivity (Wildman–Crippen MR) is 67.0 cm³/mol. The highest BCUT2D eigenvalue weighted by Gasteiger charge is 2.44. The van der Waals surface area contributed by atoms with Crippen molar-refractivity contribution in [3.05, 3.63) is 21.9 Å². The van der Waals surface area contributed by atoms with Crippen LogP contribution in [-0.2, 0) is 17.6 Å². The predicted octanol–water partition coefficient (Wildman–Crippen LogP) is 2.64. The Bertz CT molecular complexity index is 343. The van der Waals surface area contributed by atoms with Crippen LogP contribution in [0.4, 0.5) is 0 Å². The number of hydrogen-bond donors (Lipinski definition) is 1. The zero-order valence-corrected chi connectivity index (χ0v) is 10.8. The fraction of sp³-hybridized carbons (Fsp3) is 0.692. The average Bonchev–Trinajstić information content (AvgIpc) is 3.02. The van der Waals surface area contributed by atoms with Crippen LogP contribution in [0.2, 0.25) is 0 Å². The van der Waals surface area contributed by atoms with Gasteiger partial charge in [-0.2, -0.15) is 0 Å². The van der Waals surface area contributed by atoms with Crippen molar-refractivity contribution < 1.29 is 9.84 Å². The van der Waals surface area contributed by atoms with E-state index in [-0.39, 0.29) is 0 Å². The van der Waals surface area contributed by atoms with E-state index in [0.29, 0.717) is 12.5 Å². The molecule has 2 nitrogen and oxygen atoms in total. The number of hydrogen-bond acceptors (Lipinski definition) is 3. The summed E-state index contributed by atoms with van der Waals surface area (Å²) in [5, 5.41) is 10.6. The molecule has 0 amide bonds. The van der Waals surface area contributed by atoms with Crippen LogP contribution in [0.1, 0.15) is 29.5 Å². The van der Waals surface area contributed by atoms with E-state index in [4.69, 9.17) is 4.74 Å². The minimum Gasteiger partial charge on any atom is -0.387 e. The van der Waals surface area contributed by atoms with Crippen molar-refractivity contribution in [2.24, 2.45) is 5.92 Å². The number of thiophene rings is 1. The van der Waals surface area contributed by atoms with Crippen LogP contribution in [0.15, 0.2) is 12.1 Å². The van der Waals surface area contributed by atoms with Crippen LogP contribution < -0.4 is 0 Å². The first-order valence-corrected chi connectivity index (χ1v) is 6.78. The van der Waals surface area contributed by atoms with E-state index >= 15 is 0 Å². The Labute approximate surface area is 101 Å². The Balaban J connectivity index is 2.04. The van der Waals surface area contributed by atoms with Crippen LogP contribution >= 0.6 is 11.3 Å². The van der Waals surface area contributed by atoms with Gasteiger partial charge in [-0.05, 0) is 37.3 Å². The molecular weight excluding hydrogens is 220 g/mol. The molecular formula is C13H20O2S. The zero-order chi connectivity index (χ0) is 11.6. The van der Waals surface area contributed by atoms with Gasteiger partial charge in [-0.25, -0.2) is 0 Å². The number of aliphatic hydroxyl groups is 1. The summed E-state index contributed by atoms with van der Waals surface area (Å²) in [4.78, 5) is 2.67. The van der Waals surface area contributed by atoms with Gasteiger partial charge in [0.1, 0.15) is 0 Å². The highest BCUT2D eigenvalue weighted by atomic mass is 32.1. The summed E-state index contributed by atoms with van der Waals surface area (Å²) in [5.74, 6) is 0.444. The molecule has 1 aliphatic rings. The van der Waals surface area contributed by atoms with E-state index in [0.717, 1.165) is 25.7 Å². The van der Waals surface area contributed by atoms with E-state index in [9.17, 15) is 5.11 Å². The molecule has 1 unspecified atom stereocenters. The third-order valence-electron chi connectivity index (χ3n) is 3.28. The third-order valence-corrected chi connectivity index (χ3v) is 4.51. The summed E-state index contributed by atoms with van der Waals surface area (Å²) in [5.41, 5.74) is -0.634. The molecule has 0 aromatic carbocycles. The lowest BCUT2D eigenvalue weighted by Crippen LogP contribution is -2.38. The highest BCUT2D eigenvalue weighted by Crippen LogP contribution is 2.42. The molecule has 0 radical (unpaired) electrons. The molecule has 1 aromatic rings. The second kappa shape index (κ2) is 4.86. The molecule has 0 saturated heterocycles. The van der Waals surface area contributed by atoms with Crippen LogP contribution in [0.25, 0.3) is 0 Å². The normalized spacial score (nSPS) is 19.7. The molecule has 1 N–H and O–H groups in total. The monoisotopic (exact) mass is 240 g/mol. The SMILES string of the molecule is CCc1ccc(CC(O)(COC)C2CC2)s1. The summed E-state index contributed by atoms with van der Waals surface area (Å²) in [7, 11) is 1.67. The average molecular weight is 240 g/mol. The van der Waals surface area contributed by atoms with E-state index in [2.05, 4.69) is 19.1 Å². The number of aryl methyl sites for hydroxylation is 1. The first-order chi connectivity index (χ1) is 7.68. The first-order valence-electron chi connectivity index (χ1n) is 5.97. The molecule has 90 valence electrons. The minimum atomic E-state index is -0.634. The Morgan fingerprint density at radius 1 is 1.44 bits per heavy atom. The Morgan fingerprint density at radius 2 is 2.12 bits per heavy atom. The number of ether oxygens (including phenoxy) is 1. The van der Waals surface area contributed by atoms with Gasteiger partial charge in [-0.1, -0.05) is 6.92 Å². The van der Waals surface area contributed by atoms with E-state index in [1.807, 2.05) is 11.3 Å². The Hall–Kier alpha value is -0.380. The maximum Gasteiger partial charge on any atom is 0.0955 e. The van der Waals surface area contributed by atoms with Gasteiger partial charge in [0, 0.05) is 23.3 Å². The molecule has 1 heterocycles. The van der Waals surface area contributed by atoms with Gasteiger partial charge >= 0.3 is 0 Å². The standard InChI is InChI=1S/C13H20O2S/c1-3-11-6-7-12(16-11)8-13(14,9-15-2)10-4-5-10/h6-7,10,14H,3-5,8-9H2,1-2H3. The van der Waals surface area contributed by atoms with Crippen molar-refractivity contribution in [1.82, 2.24) is 0 Å². The molecule has 1 aromatic heterocycles. The van der Waals surface area contributed by atoms with Crippen molar-refractivity contribution in [3.63, 3.8) is 0 Å². The minimum absolute atomic E-state index is 0.444. The summed E-state index contributed by atoms with van der Waals surface area (Å²) < 4.78 is 5.17. The topological polar surface area (TPSA) is 29.5 Å². The maximum absolute atomic E-state index is 10.6. The molecule has 0 bridgehead atoms. The quantitative estimate of drug-likeness (QED) is 0.828. The number of rotatable bonds is 6. The van der Waals surface area contributed by atoms with Gasteiger partial charge in [0.25, 0.3) is 0 Å². The lowest BCUT2D eigenvalue weighted by Gasteiger charge is -2.26. The van der Waals surface area contributed by atoms with E-state index in [1.54, 1.807) is 7.11 Å². The lowest BCUT2D eigenvalue weighted by atomic mass is 9.94. The van der Waals surface area contributed by atoms with Gasteiger partial charge in [0.05, 0.1) is 12.2 Å². The van der Waals surface area contributed by atoms with Crippen molar-refractivity contribution in [3.8, 4) is 0 Å². The van der Waals surface area contributed by atoms with E-state index in [1.165, 1.54) is 9.75 Å². The number of methoxy groups -OCH3 is 1. The molecule has 1 saturated carbocycles. The fourth-order valence-electron chi connectivity index (χ4n) is 2.19. The van der Waals surface area contributed by atoms with Gasteiger partial charge in [0.2, 0.25) is 0 Å². The smallest absolute Gasteiger partial charge is 0.0955 e. The van der Waals surface area contributed by atoms with Crippen LogP contribution in [0, 0.1) is 5.92 Å². The zero-order valence-electron chi connectivity index (χ0n) is 10.0. The molecule has 0 aliphatic heterocycles. The second-order valence-electron chi connectivity index (χ2n) is 4.71. The molecule has 1 fully saturated rings. The van der Waals surface area contributed by atoms with Crippen LogP contribution in [0.5, 0.6) is 0 Å². The first kappa shape index (κ1) is 12.1. The molecule has 3 heteroatoms. The third kappa shape index (κ3) is 2.65. The summed E-state index contributed by atoms with van der Waals surface area (Å²) >= 11 is 1.82. The molecule has 2 rings (SSSR count). The summed E-state index contributed by atoms with van der Waals surface area (Å²) in [6.45, 7) is 2.62. The Morgan fingerprint density at radius 3 is 2.62 bits per heavy atom. The van der Waals surface area contributed by atoms with Gasteiger partial charge in [0.15, 0.2) is 0 Å². The molecule has 0 spiro atoms.